The lowest BCUT2D eigenvalue weighted by molar-refractivity contribution is -0.137. The third kappa shape index (κ3) is 8.43. The predicted molar refractivity (Wildman–Crippen MR) is 133 cm³/mol. The molecule has 0 radical (unpaired) electrons. The summed E-state index contributed by atoms with van der Waals surface area (Å²) in [6.45, 7) is 3.88. The van der Waals surface area contributed by atoms with Gasteiger partial charge in [-0.15, -0.1) is 11.3 Å². The van der Waals surface area contributed by atoms with Gasteiger partial charge >= 0.3 is 12.2 Å². The number of thiophene rings is 1. The Morgan fingerprint density at radius 1 is 1.09 bits per heavy atom. The zero-order chi connectivity index (χ0) is 24.4. The quantitative estimate of drug-likeness (QED) is 0.337. The number of benzene rings is 1. The zero-order valence-corrected chi connectivity index (χ0v) is 20.6. The van der Waals surface area contributed by atoms with Gasteiger partial charge in [0.2, 0.25) is 0 Å². The van der Waals surface area contributed by atoms with Crippen LogP contribution in [0.1, 0.15) is 62.5 Å². The maximum Gasteiger partial charge on any atom is 0.416 e. The molecule has 1 aliphatic rings. The largest absolute Gasteiger partial charge is 0.416 e. The summed E-state index contributed by atoms with van der Waals surface area (Å²) in [5.41, 5.74) is 6.29. The fourth-order valence-electron chi connectivity index (χ4n) is 4.61. The van der Waals surface area contributed by atoms with Gasteiger partial charge in [0.1, 0.15) is 0 Å². The first-order valence-corrected chi connectivity index (χ1v) is 13.3. The van der Waals surface area contributed by atoms with Crippen LogP contribution in [-0.2, 0) is 12.6 Å². The van der Waals surface area contributed by atoms with Crippen molar-refractivity contribution in [3.63, 3.8) is 0 Å². The number of aryl methyl sites for hydroxylation is 1. The SMILES string of the molecule is NCCN(CCCCNC(=O)NC1CCCCC1)CCCc1csc2cc(C(F)(F)F)ccc12. The van der Waals surface area contributed by atoms with Crippen LogP contribution in [-0.4, -0.2) is 49.7 Å². The second-order valence-electron chi connectivity index (χ2n) is 9.15. The number of rotatable bonds is 12. The van der Waals surface area contributed by atoms with E-state index in [9.17, 15) is 18.0 Å². The van der Waals surface area contributed by atoms with Crippen LogP contribution in [0, 0.1) is 0 Å². The first kappa shape index (κ1) is 26.8. The Labute approximate surface area is 204 Å². The number of carbonyl (C=O) groups is 1. The average Bonchev–Trinajstić information content (AvgIpc) is 3.21. The number of fused-ring (bicyclic) bond motifs is 1. The number of halogens is 3. The zero-order valence-electron chi connectivity index (χ0n) is 19.8. The lowest BCUT2D eigenvalue weighted by Crippen LogP contribution is -2.43. The molecule has 0 spiro atoms. The molecule has 1 fully saturated rings. The maximum absolute atomic E-state index is 12.9. The van der Waals surface area contributed by atoms with Gasteiger partial charge in [-0.3, -0.25) is 0 Å². The molecular formula is C25H37F3N4OS. The topological polar surface area (TPSA) is 70.4 Å². The van der Waals surface area contributed by atoms with Crippen LogP contribution in [0.25, 0.3) is 10.1 Å². The standard InChI is InChI=1S/C25H37F3N4OS/c26-25(27,28)20-10-11-22-19(18-34-23(22)17-20)7-6-15-32(16-12-29)14-5-4-13-30-24(33)31-21-8-2-1-3-9-21/h10-11,17-18,21H,1-9,12-16,29H2,(H2,30,31,33). The highest BCUT2D eigenvalue weighted by Crippen LogP contribution is 2.35. The molecule has 0 aliphatic heterocycles. The Bertz CT molecular complexity index is 896. The monoisotopic (exact) mass is 498 g/mol. The molecule has 1 saturated carbocycles. The van der Waals surface area contributed by atoms with Gasteiger partial charge in [-0.25, -0.2) is 4.79 Å². The van der Waals surface area contributed by atoms with Gasteiger partial charge in [0.25, 0.3) is 0 Å². The molecule has 0 unspecified atom stereocenters. The fourth-order valence-corrected chi connectivity index (χ4v) is 5.65. The van der Waals surface area contributed by atoms with Gasteiger partial charge in [-0.2, -0.15) is 13.2 Å². The molecule has 5 nitrogen and oxygen atoms in total. The number of hydrogen-bond donors (Lipinski definition) is 3. The number of nitrogens with two attached hydrogens (primary N) is 1. The molecular weight excluding hydrogens is 461 g/mol. The van der Waals surface area contributed by atoms with Crippen molar-refractivity contribution in [3.8, 4) is 0 Å². The van der Waals surface area contributed by atoms with Crippen molar-refractivity contribution < 1.29 is 18.0 Å². The van der Waals surface area contributed by atoms with Gasteiger partial charge in [-0.1, -0.05) is 25.3 Å². The minimum atomic E-state index is -4.31. The van der Waals surface area contributed by atoms with E-state index in [0.29, 0.717) is 23.8 Å². The van der Waals surface area contributed by atoms with E-state index in [0.717, 1.165) is 69.1 Å². The smallest absolute Gasteiger partial charge is 0.338 e. The molecule has 1 aromatic heterocycles. The van der Waals surface area contributed by atoms with Crippen molar-refractivity contribution in [2.45, 2.75) is 70.0 Å². The lowest BCUT2D eigenvalue weighted by Gasteiger charge is -2.23. The van der Waals surface area contributed by atoms with Gasteiger partial charge in [0.05, 0.1) is 5.56 Å². The van der Waals surface area contributed by atoms with Crippen LogP contribution in [0.15, 0.2) is 23.6 Å². The summed E-state index contributed by atoms with van der Waals surface area (Å²) in [7, 11) is 0. The minimum absolute atomic E-state index is 0.0592. The summed E-state index contributed by atoms with van der Waals surface area (Å²) in [6, 6.07) is 4.27. The van der Waals surface area contributed by atoms with Crippen molar-refractivity contribution in [2.75, 3.05) is 32.7 Å². The molecule has 190 valence electrons. The number of hydrogen-bond acceptors (Lipinski definition) is 4. The van der Waals surface area contributed by atoms with Gasteiger partial charge in [-0.05, 0) is 80.1 Å². The number of nitrogens with zero attached hydrogens (tertiary/aromatic N) is 1. The molecule has 0 saturated heterocycles. The van der Waals surface area contributed by atoms with Gasteiger partial charge in [0.15, 0.2) is 0 Å². The number of urea groups is 1. The van der Waals surface area contributed by atoms with Crippen molar-refractivity contribution in [3.05, 3.63) is 34.7 Å². The van der Waals surface area contributed by atoms with Crippen LogP contribution in [0.4, 0.5) is 18.0 Å². The molecule has 1 aromatic carbocycles. The summed E-state index contributed by atoms with van der Waals surface area (Å²) in [5.74, 6) is 0. The van der Waals surface area contributed by atoms with E-state index >= 15 is 0 Å². The van der Waals surface area contributed by atoms with Crippen LogP contribution in [0.5, 0.6) is 0 Å². The van der Waals surface area contributed by atoms with E-state index in [2.05, 4.69) is 15.5 Å². The highest BCUT2D eigenvalue weighted by molar-refractivity contribution is 7.17. The number of carbonyl (C=O) groups excluding carboxylic acids is 1. The summed E-state index contributed by atoms with van der Waals surface area (Å²) >= 11 is 1.37. The Kier molecular flexibility index (Phi) is 10.5. The van der Waals surface area contributed by atoms with Gasteiger partial charge in [0, 0.05) is 30.4 Å². The molecule has 4 N–H and O–H groups in total. The van der Waals surface area contributed by atoms with Crippen molar-refractivity contribution in [1.29, 1.82) is 0 Å². The van der Waals surface area contributed by atoms with Crippen molar-refractivity contribution in [2.24, 2.45) is 5.73 Å². The summed E-state index contributed by atoms with van der Waals surface area (Å²) in [6.07, 6.45) is 5.16. The molecule has 2 aromatic rings. The van der Waals surface area contributed by atoms with E-state index in [1.54, 1.807) is 6.07 Å². The van der Waals surface area contributed by atoms with Crippen LogP contribution in [0.2, 0.25) is 0 Å². The molecule has 0 atom stereocenters. The maximum atomic E-state index is 12.9. The van der Waals surface area contributed by atoms with Crippen LogP contribution in [0.3, 0.4) is 0 Å². The van der Waals surface area contributed by atoms with E-state index in [1.165, 1.54) is 42.7 Å². The molecule has 0 bridgehead atoms. The van der Waals surface area contributed by atoms with Crippen molar-refractivity contribution >= 4 is 27.5 Å². The highest BCUT2D eigenvalue weighted by atomic mass is 32.1. The summed E-state index contributed by atoms with van der Waals surface area (Å²) in [4.78, 5) is 14.4. The Morgan fingerprint density at radius 2 is 1.85 bits per heavy atom. The fraction of sp³-hybridized carbons (Fsp3) is 0.640. The van der Waals surface area contributed by atoms with Crippen molar-refractivity contribution in [1.82, 2.24) is 15.5 Å². The third-order valence-electron chi connectivity index (χ3n) is 6.48. The molecule has 2 amide bonds. The number of amides is 2. The Hall–Kier alpha value is -1.84. The van der Waals surface area contributed by atoms with E-state index < -0.39 is 11.7 Å². The average molecular weight is 499 g/mol. The molecule has 3 rings (SSSR count). The van der Waals surface area contributed by atoms with Crippen LogP contribution >= 0.6 is 11.3 Å². The number of alkyl halides is 3. The number of unbranched alkanes of at least 4 members (excludes halogenated alkanes) is 1. The Balaban J connectivity index is 1.35. The van der Waals surface area contributed by atoms with E-state index in [1.807, 2.05) is 5.38 Å². The normalized spacial score (nSPS) is 15.2. The molecule has 9 heteroatoms. The summed E-state index contributed by atoms with van der Waals surface area (Å²) < 4.78 is 39.5. The molecule has 1 heterocycles. The first-order valence-electron chi connectivity index (χ1n) is 12.4. The molecule has 34 heavy (non-hydrogen) atoms. The minimum Gasteiger partial charge on any atom is -0.338 e. The number of nitrogens with one attached hydrogen (secondary N) is 2. The van der Waals surface area contributed by atoms with Gasteiger partial charge < -0.3 is 21.3 Å². The summed E-state index contributed by atoms with van der Waals surface area (Å²) in [5, 5.41) is 8.93. The molecule has 1 aliphatic carbocycles. The van der Waals surface area contributed by atoms with Crippen LogP contribution < -0.4 is 16.4 Å². The van der Waals surface area contributed by atoms with E-state index in [4.69, 9.17) is 5.73 Å². The second kappa shape index (κ2) is 13.3. The Morgan fingerprint density at radius 3 is 2.59 bits per heavy atom. The van der Waals surface area contributed by atoms with E-state index in [-0.39, 0.29) is 6.03 Å². The highest BCUT2D eigenvalue weighted by Gasteiger charge is 2.30. The predicted octanol–water partition coefficient (Wildman–Crippen LogP) is 5.53. The third-order valence-corrected chi connectivity index (χ3v) is 7.47. The second-order valence-corrected chi connectivity index (χ2v) is 10.1. The lowest BCUT2D eigenvalue weighted by atomic mass is 9.96. The first-order chi connectivity index (χ1) is 16.4.